The summed E-state index contributed by atoms with van der Waals surface area (Å²) in [4.78, 5) is 81.2. The molecule has 0 bridgehead atoms. The Bertz CT molecular complexity index is 2850. The van der Waals surface area contributed by atoms with E-state index in [1.54, 1.807) is 67.5 Å². The zero-order valence-electron chi connectivity index (χ0n) is 38.6. The molecule has 0 spiro atoms. The Morgan fingerprint density at radius 3 is 2.56 bits per heavy atom. The fourth-order valence-corrected chi connectivity index (χ4v) is 8.68. The SMILES string of the molecule is CCN(CCc1c2c(nc3cc(F)c(C)cc13)-c1cc3c(c(=O)n1C2)COC(=O)[C@]3(O)CC)C(=O)OCc1ccc(NC(=O)[C@H](CCCCN)NC(=O)CCCC#Cc2cnc(SC)nc2)cc1. The molecule has 5 aromatic rings. The van der Waals surface area contributed by atoms with E-state index in [2.05, 4.69) is 32.4 Å². The smallest absolute Gasteiger partial charge is 0.410 e. The summed E-state index contributed by atoms with van der Waals surface area (Å²) in [6.07, 6.45) is 7.96. The average Bonchev–Trinajstić information content (AvgIpc) is 3.71. The molecular weight excluding hydrogens is 892 g/mol. The van der Waals surface area contributed by atoms with Crippen LogP contribution in [0.5, 0.6) is 0 Å². The van der Waals surface area contributed by atoms with Gasteiger partial charge in [0.05, 0.1) is 34.6 Å². The number of hydrogen-bond donors (Lipinski definition) is 4. The number of fused-ring (bicyclic) bond motifs is 5. The minimum Gasteiger partial charge on any atom is -0.458 e. The van der Waals surface area contributed by atoms with Crippen molar-refractivity contribution < 1.29 is 38.1 Å². The molecule has 2 aliphatic rings. The summed E-state index contributed by atoms with van der Waals surface area (Å²) in [7, 11) is 0. The van der Waals surface area contributed by atoms with Crippen molar-refractivity contribution in [3.8, 4) is 23.2 Å². The van der Waals surface area contributed by atoms with Crippen LogP contribution in [0.1, 0.15) is 97.7 Å². The second kappa shape index (κ2) is 22.0. The summed E-state index contributed by atoms with van der Waals surface area (Å²) in [6, 6.07) is 10.8. The first-order valence-electron chi connectivity index (χ1n) is 22.7. The lowest BCUT2D eigenvalue weighted by molar-refractivity contribution is -0.172. The Labute approximate surface area is 397 Å². The van der Waals surface area contributed by atoms with Crippen molar-refractivity contribution in [1.29, 1.82) is 0 Å². The Hall–Kier alpha value is -6.68. The van der Waals surface area contributed by atoms with Crippen molar-refractivity contribution in [2.75, 3.05) is 31.2 Å². The van der Waals surface area contributed by atoms with E-state index in [1.165, 1.54) is 22.4 Å². The van der Waals surface area contributed by atoms with Crippen molar-refractivity contribution in [3.05, 3.63) is 110 Å². The number of unbranched alkanes of at least 4 members (excludes halogenated alkanes) is 2. The number of anilines is 1. The van der Waals surface area contributed by atoms with Crippen LogP contribution in [0.4, 0.5) is 14.9 Å². The van der Waals surface area contributed by atoms with Gasteiger partial charge in [-0.2, -0.15) is 0 Å². The number of pyridine rings is 2. The molecule has 2 atom stereocenters. The Kier molecular flexibility index (Phi) is 15.9. The van der Waals surface area contributed by atoms with Crippen LogP contribution >= 0.6 is 11.8 Å². The highest BCUT2D eigenvalue weighted by atomic mass is 32.2. The molecule has 2 aliphatic heterocycles. The lowest BCUT2D eigenvalue weighted by Gasteiger charge is -2.31. The summed E-state index contributed by atoms with van der Waals surface area (Å²) in [5, 5.41) is 18.4. The first-order chi connectivity index (χ1) is 32.8. The maximum atomic E-state index is 15.0. The van der Waals surface area contributed by atoms with E-state index in [0.717, 1.165) is 11.1 Å². The third-order valence-electron chi connectivity index (χ3n) is 12.3. The lowest BCUT2D eigenvalue weighted by atomic mass is 9.86. The number of carbonyl (C=O) groups is 4. The largest absolute Gasteiger partial charge is 0.458 e. The molecule has 2 aromatic carbocycles. The second-order valence-electron chi connectivity index (χ2n) is 16.7. The van der Waals surface area contributed by atoms with Gasteiger partial charge in [0.1, 0.15) is 25.1 Å². The minimum absolute atomic E-state index is 0.00741. The van der Waals surface area contributed by atoms with Crippen LogP contribution in [0.2, 0.25) is 0 Å². The van der Waals surface area contributed by atoms with Gasteiger partial charge in [0, 0.05) is 66.6 Å². The number of rotatable bonds is 18. The molecule has 7 rings (SSSR count). The van der Waals surface area contributed by atoms with E-state index in [0.29, 0.717) is 101 Å². The highest BCUT2D eigenvalue weighted by Crippen LogP contribution is 2.41. The normalized spacial score (nSPS) is 15.0. The number of carbonyl (C=O) groups excluding carboxylic acids is 4. The van der Waals surface area contributed by atoms with Crippen molar-refractivity contribution >= 4 is 52.2 Å². The number of cyclic esters (lactones) is 1. The zero-order valence-corrected chi connectivity index (χ0v) is 39.4. The van der Waals surface area contributed by atoms with Gasteiger partial charge >= 0.3 is 12.1 Å². The van der Waals surface area contributed by atoms with Crippen molar-refractivity contribution in [2.24, 2.45) is 5.73 Å². The van der Waals surface area contributed by atoms with Crippen molar-refractivity contribution in [2.45, 2.75) is 109 Å². The van der Waals surface area contributed by atoms with Crippen LogP contribution in [-0.2, 0) is 55.6 Å². The number of nitrogens with one attached hydrogen (secondary N) is 2. The van der Waals surface area contributed by atoms with E-state index < -0.39 is 35.1 Å². The number of amides is 3. The minimum atomic E-state index is -2.00. The predicted octanol–water partition coefficient (Wildman–Crippen LogP) is 6.01. The van der Waals surface area contributed by atoms with Gasteiger partial charge in [-0.1, -0.05) is 42.7 Å². The van der Waals surface area contributed by atoms with Gasteiger partial charge in [-0.25, -0.2) is 28.9 Å². The monoisotopic (exact) mass is 946 g/mol. The number of aliphatic hydroxyl groups is 1. The highest BCUT2D eigenvalue weighted by Gasteiger charge is 2.45. The Balaban J connectivity index is 0.969. The number of nitrogens with two attached hydrogens (primary N) is 1. The molecule has 0 saturated carbocycles. The summed E-state index contributed by atoms with van der Waals surface area (Å²) < 4.78 is 27.5. The predicted molar refractivity (Wildman–Crippen MR) is 255 cm³/mol. The summed E-state index contributed by atoms with van der Waals surface area (Å²) in [6.45, 7) is 5.96. The Morgan fingerprint density at radius 1 is 1.09 bits per heavy atom. The first kappa shape index (κ1) is 49.2. The number of nitrogens with zero attached hydrogens (tertiary/aromatic N) is 5. The van der Waals surface area contributed by atoms with Crippen LogP contribution < -0.4 is 21.9 Å². The van der Waals surface area contributed by atoms with Crippen LogP contribution in [0.25, 0.3) is 22.3 Å². The zero-order chi connectivity index (χ0) is 48.5. The molecule has 68 heavy (non-hydrogen) atoms. The van der Waals surface area contributed by atoms with Crippen LogP contribution in [0, 0.1) is 24.6 Å². The molecule has 0 aliphatic carbocycles. The number of likely N-dealkylation sites (N-methyl/N-ethyl adjacent to an activating group) is 1. The van der Waals surface area contributed by atoms with E-state index >= 15 is 4.39 Å². The van der Waals surface area contributed by atoms with E-state index in [-0.39, 0.29) is 62.1 Å². The van der Waals surface area contributed by atoms with Gasteiger partial charge in [-0.15, -0.1) is 0 Å². The van der Waals surface area contributed by atoms with Crippen LogP contribution in [0.15, 0.2) is 64.8 Å². The standard InChI is InChI=1S/C50H55FN8O8S/c1-5-50(65)38-23-42-44-36(27-59(42)46(62)37(38)29-66-47(50)63)34(35-22-30(3)39(51)24-41(35)57-44)19-21-58(6-2)49(64)67-28-31-15-17-33(18-16-31)55-45(61)40(13-10-11-20-52)56-43(60)14-9-7-8-12-32-25-53-48(68-4)54-26-32/h15-18,22-26,40,65H,5-7,9-11,13-14,19-21,27-29,52H2,1-4H3,(H,55,61)(H,56,60)/t40-,50-/m0/s1. The molecule has 18 heteroatoms. The topological polar surface area (TPSA) is 221 Å². The fraction of sp³-hybridized carbons (Fsp3) is 0.400. The number of aromatic nitrogens is 4. The number of aryl methyl sites for hydroxylation is 1. The van der Waals surface area contributed by atoms with E-state index in [4.69, 9.17) is 20.2 Å². The van der Waals surface area contributed by atoms with Gasteiger partial charge in [0.25, 0.3) is 5.56 Å². The maximum absolute atomic E-state index is 15.0. The molecule has 0 saturated heterocycles. The van der Waals surface area contributed by atoms with E-state index in [9.17, 15) is 29.1 Å². The molecule has 3 amide bonds. The Morgan fingerprint density at radius 2 is 1.85 bits per heavy atom. The molecule has 5 heterocycles. The molecule has 3 aromatic heterocycles. The van der Waals surface area contributed by atoms with Gasteiger partial charge < -0.3 is 40.4 Å². The molecule has 5 N–H and O–H groups in total. The molecule has 0 fully saturated rings. The summed E-state index contributed by atoms with van der Waals surface area (Å²) >= 11 is 1.45. The molecular formula is C50H55FN8O8S. The average molecular weight is 947 g/mol. The molecule has 0 unspecified atom stereocenters. The third kappa shape index (κ3) is 10.9. The van der Waals surface area contributed by atoms with Gasteiger partial charge in [0.15, 0.2) is 10.8 Å². The van der Waals surface area contributed by atoms with Gasteiger partial charge in [-0.3, -0.25) is 14.4 Å². The van der Waals surface area contributed by atoms with Gasteiger partial charge in [-0.05, 0) is 106 Å². The fourth-order valence-electron chi connectivity index (χ4n) is 8.37. The van der Waals surface area contributed by atoms with Crippen molar-refractivity contribution in [1.82, 2.24) is 29.7 Å². The second-order valence-corrected chi connectivity index (χ2v) is 17.5. The number of halogens is 1. The third-order valence-corrected chi connectivity index (χ3v) is 12.9. The first-order valence-corrected chi connectivity index (χ1v) is 23.9. The number of hydrogen-bond acceptors (Lipinski definition) is 13. The highest BCUT2D eigenvalue weighted by molar-refractivity contribution is 7.98. The molecule has 16 nitrogen and oxygen atoms in total. The maximum Gasteiger partial charge on any atom is 0.410 e. The van der Waals surface area contributed by atoms with Crippen LogP contribution in [-0.4, -0.2) is 85.3 Å². The number of benzene rings is 2. The summed E-state index contributed by atoms with van der Waals surface area (Å²) in [5.74, 6) is 4.15. The quantitative estimate of drug-likeness (QED) is 0.0255. The number of thioether (sulfide) groups is 1. The summed E-state index contributed by atoms with van der Waals surface area (Å²) in [5.41, 5.74) is 8.63. The molecule has 356 valence electrons. The van der Waals surface area contributed by atoms with Gasteiger partial charge in [0.2, 0.25) is 11.8 Å². The molecule has 0 radical (unpaired) electrons. The number of esters is 1. The number of ether oxygens (including phenoxy) is 2. The lowest BCUT2D eigenvalue weighted by Crippen LogP contribution is -2.44. The van der Waals surface area contributed by atoms with E-state index in [1.807, 2.05) is 13.2 Å². The van der Waals surface area contributed by atoms with Crippen molar-refractivity contribution in [3.63, 3.8) is 0 Å². The van der Waals surface area contributed by atoms with Crippen LogP contribution in [0.3, 0.4) is 0 Å².